The predicted molar refractivity (Wildman–Crippen MR) is 116 cm³/mol. The van der Waals surface area contributed by atoms with Gasteiger partial charge in [0.05, 0.1) is 0 Å². The van der Waals surface area contributed by atoms with Crippen molar-refractivity contribution in [1.82, 2.24) is 5.32 Å². The molecule has 2 aromatic rings. The lowest BCUT2D eigenvalue weighted by Gasteiger charge is -2.06. The lowest BCUT2D eigenvalue weighted by Crippen LogP contribution is -2.14. The average Bonchev–Trinajstić information content (AvgIpc) is 2.74. The molecule has 0 aliphatic rings. The maximum absolute atomic E-state index is 11.7. The van der Waals surface area contributed by atoms with Gasteiger partial charge >= 0.3 is 5.97 Å². The Hall–Kier alpha value is -2.13. The van der Waals surface area contributed by atoms with E-state index in [9.17, 15) is 4.79 Å². The van der Waals surface area contributed by atoms with Crippen molar-refractivity contribution in [3.05, 3.63) is 71.8 Å². The monoisotopic (exact) mass is 381 g/mol. The molecule has 0 bridgehead atoms. The van der Waals surface area contributed by atoms with Crippen LogP contribution in [0, 0.1) is 0 Å². The summed E-state index contributed by atoms with van der Waals surface area (Å²) in [7, 11) is 0. The van der Waals surface area contributed by atoms with Crippen LogP contribution >= 0.6 is 0 Å². The molecule has 0 fully saturated rings. The zero-order valence-electron chi connectivity index (χ0n) is 17.1. The van der Waals surface area contributed by atoms with Crippen molar-refractivity contribution in [2.75, 3.05) is 6.54 Å². The summed E-state index contributed by atoms with van der Waals surface area (Å²) in [5.74, 6) is -0.0770. The highest BCUT2D eigenvalue weighted by atomic mass is 16.5. The van der Waals surface area contributed by atoms with Crippen LogP contribution in [0.4, 0.5) is 0 Å². The fraction of sp³-hybridized carbons (Fsp3) is 0.480. The third-order valence-electron chi connectivity index (χ3n) is 4.90. The van der Waals surface area contributed by atoms with E-state index in [0.29, 0.717) is 13.0 Å². The Bertz CT molecular complexity index is 628. The predicted octanol–water partition coefficient (Wildman–Crippen LogP) is 6.03. The number of carbonyl (C=O) groups excluding carboxylic acids is 1. The molecule has 2 rings (SSSR count). The van der Waals surface area contributed by atoms with E-state index >= 15 is 0 Å². The van der Waals surface area contributed by atoms with E-state index in [0.717, 1.165) is 31.5 Å². The van der Waals surface area contributed by atoms with E-state index in [1.54, 1.807) is 0 Å². The lowest BCUT2D eigenvalue weighted by molar-refractivity contribution is -0.145. The summed E-state index contributed by atoms with van der Waals surface area (Å²) < 4.78 is 5.30. The summed E-state index contributed by atoms with van der Waals surface area (Å²) in [6.07, 6.45) is 10.3. The Morgan fingerprint density at radius 1 is 0.679 bits per heavy atom. The zero-order valence-corrected chi connectivity index (χ0v) is 17.1. The van der Waals surface area contributed by atoms with Crippen LogP contribution in [0.25, 0.3) is 0 Å². The van der Waals surface area contributed by atoms with Gasteiger partial charge in [0.15, 0.2) is 0 Å². The Kier molecular flexibility index (Phi) is 11.8. The molecule has 0 heterocycles. The molecule has 0 spiro atoms. The second-order valence-corrected chi connectivity index (χ2v) is 7.39. The molecule has 0 aliphatic heterocycles. The Balaban J connectivity index is 1.32. The number of nitrogens with one attached hydrogen (secondary N) is 1. The second-order valence-electron chi connectivity index (χ2n) is 7.39. The number of carbonyl (C=O) groups is 1. The summed E-state index contributed by atoms with van der Waals surface area (Å²) >= 11 is 0. The minimum atomic E-state index is -0.0770. The van der Waals surface area contributed by atoms with Crippen molar-refractivity contribution in [2.24, 2.45) is 0 Å². The van der Waals surface area contributed by atoms with E-state index in [1.807, 2.05) is 30.3 Å². The van der Waals surface area contributed by atoms with Crippen LogP contribution in [0.2, 0.25) is 0 Å². The molecular weight excluding hydrogens is 346 g/mol. The quantitative estimate of drug-likeness (QED) is 0.302. The van der Waals surface area contributed by atoms with Crippen molar-refractivity contribution in [2.45, 2.75) is 70.9 Å². The third-order valence-corrected chi connectivity index (χ3v) is 4.90. The molecule has 1 N–H and O–H groups in total. The van der Waals surface area contributed by atoms with Crippen LogP contribution < -0.4 is 5.32 Å². The first-order valence-corrected chi connectivity index (χ1v) is 10.8. The van der Waals surface area contributed by atoms with Crippen molar-refractivity contribution in [1.29, 1.82) is 0 Å². The standard InChI is InChI=1S/C25H35NO2/c27-25(28-22-24-17-11-8-12-18-24)19-13-5-3-1-2-4-6-14-20-26-21-23-15-9-7-10-16-23/h7-12,15-18,26H,1-6,13-14,19-22H2. The highest BCUT2D eigenvalue weighted by molar-refractivity contribution is 5.69. The van der Waals surface area contributed by atoms with Crippen molar-refractivity contribution in [3.8, 4) is 0 Å². The van der Waals surface area contributed by atoms with Crippen LogP contribution in [0.3, 0.4) is 0 Å². The van der Waals surface area contributed by atoms with E-state index in [-0.39, 0.29) is 5.97 Å². The molecule has 0 amide bonds. The number of rotatable bonds is 15. The summed E-state index contributed by atoms with van der Waals surface area (Å²) in [5.41, 5.74) is 2.40. The highest BCUT2D eigenvalue weighted by Gasteiger charge is 2.03. The molecular formula is C25H35NO2. The minimum Gasteiger partial charge on any atom is -0.461 e. The fourth-order valence-corrected chi connectivity index (χ4v) is 3.22. The van der Waals surface area contributed by atoms with Crippen molar-refractivity contribution in [3.63, 3.8) is 0 Å². The Morgan fingerprint density at radius 2 is 1.21 bits per heavy atom. The zero-order chi connectivity index (χ0) is 19.7. The molecule has 0 aromatic heterocycles. The summed E-state index contributed by atoms with van der Waals surface area (Å²) in [4.78, 5) is 11.7. The Labute approximate surface area is 170 Å². The van der Waals surface area contributed by atoms with Gasteiger partial charge < -0.3 is 10.1 Å². The van der Waals surface area contributed by atoms with Crippen LogP contribution in [-0.4, -0.2) is 12.5 Å². The van der Waals surface area contributed by atoms with Crippen LogP contribution in [0.5, 0.6) is 0 Å². The van der Waals surface area contributed by atoms with Gasteiger partial charge in [0.2, 0.25) is 0 Å². The molecule has 0 aliphatic carbocycles. The van der Waals surface area contributed by atoms with Gasteiger partial charge in [-0.1, -0.05) is 99.2 Å². The maximum atomic E-state index is 11.7. The topological polar surface area (TPSA) is 38.3 Å². The first kappa shape index (κ1) is 22.2. The van der Waals surface area contributed by atoms with Gasteiger partial charge in [-0.3, -0.25) is 4.79 Å². The van der Waals surface area contributed by atoms with Gasteiger partial charge in [-0.15, -0.1) is 0 Å². The van der Waals surface area contributed by atoms with E-state index in [2.05, 4.69) is 35.6 Å². The van der Waals surface area contributed by atoms with E-state index < -0.39 is 0 Å². The van der Waals surface area contributed by atoms with E-state index in [1.165, 1.54) is 44.1 Å². The third kappa shape index (κ3) is 10.9. The van der Waals surface area contributed by atoms with Crippen LogP contribution in [-0.2, 0) is 22.7 Å². The number of ether oxygens (including phenoxy) is 1. The first-order chi connectivity index (χ1) is 13.8. The SMILES string of the molecule is O=C(CCCCCCCCCCNCc1ccccc1)OCc1ccccc1. The summed E-state index contributed by atoms with van der Waals surface area (Å²) in [6.45, 7) is 2.45. The van der Waals surface area contributed by atoms with Gasteiger partial charge in [0, 0.05) is 13.0 Å². The molecule has 3 heteroatoms. The summed E-state index contributed by atoms with van der Waals surface area (Å²) in [5, 5.41) is 3.51. The highest BCUT2D eigenvalue weighted by Crippen LogP contribution is 2.10. The normalized spacial score (nSPS) is 10.7. The number of benzene rings is 2. The smallest absolute Gasteiger partial charge is 0.306 e. The first-order valence-electron chi connectivity index (χ1n) is 10.8. The second kappa shape index (κ2) is 14.9. The largest absolute Gasteiger partial charge is 0.461 e. The molecule has 28 heavy (non-hydrogen) atoms. The van der Waals surface area contributed by atoms with Crippen LogP contribution in [0.1, 0.15) is 68.9 Å². The molecule has 152 valence electrons. The van der Waals surface area contributed by atoms with Gasteiger partial charge in [0.25, 0.3) is 0 Å². The minimum absolute atomic E-state index is 0.0770. The lowest BCUT2D eigenvalue weighted by atomic mass is 10.1. The molecule has 2 aromatic carbocycles. The number of hydrogen-bond donors (Lipinski definition) is 1. The molecule has 0 atom stereocenters. The molecule has 0 saturated carbocycles. The Morgan fingerprint density at radius 3 is 1.86 bits per heavy atom. The van der Waals surface area contributed by atoms with Gasteiger partial charge in [-0.05, 0) is 30.5 Å². The van der Waals surface area contributed by atoms with Crippen molar-refractivity contribution < 1.29 is 9.53 Å². The van der Waals surface area contributed by atoms with E-state index in [4.69, 9.17) is 4.74 Å². The maximum Gasteiger partial charge on any atom is 0.306 e. The van der Waals surface area contributed by atoms with Crippen LogP contribution in [0.15, 0.2) is 60.7 Å². The average molecular weight is 382 g/mol. The molecule has 0 radical (unpaired) electrons. The summed E-state index contributed by atoms with van der Waals surface area (Å²) in [6, 6.07) is 20.4. The van der Waals surface area contributed by atoms with Gasteiger partial charge in [-0.2, -0.15) is 0 Å². The van der Waals surface area contributed by atoms with Gasteiger partial charge in [-0.25, -0.2) is 0 Å². The number of hydrogen-bond acceptors (Lipinski definition) is 3. The van der Waals surface area contributed by atoms with Crippen molar-refractivity contribution >= 4 is 5.97 Å². The fourth-order valence-electron chi connectivity index (χ4n) is 3.22. The molecule has 3 nitrogen and oxygen atoms in total. The number of unbranched alkanes of at least 4 members (excludes halogenated alkanes) is 7. The molecule has 0 saturated heterocycles. The molecule has 0 unspecified atom stereocenters. The number of esters is 1. The van der Waals surface area contributed by atoms with Gasteiger partial charge in [0.1, 0.15) is 6.61 Å².